The summed E-state index contributed by atoms with van der Waals surface area (Å²) in [5.74, 6) is -1.23. The number of benzene rings is 1. The molecule has 1 aliphatic heterocycles. The molecule has 0 fully saturated rings. The van der Waals surface area contributed by atoms with Gasteiger partial charge in [0.15, 0.2) is 5.71 Å². The van der Waals surface area contributed by atoms with Crippen LogP contribution in [0.3, 0.4) is 0 Å². The first-order valence-electron chi connectivity index (χ1n) is 5.39. The third kappa shape index (κ3) is 2.68. The van der Waals surface area contributed by atoms with Crippen molar-refractivity contribution >= 4 is 33.4 Å². The molecular weight excluding hydrogens is 288 g/mol. The lowest BCUT2D eigenvalue weighted by Gasteiger charge is -2.11. The first kappa shape index (κ1) is 14.2. The van der Waals surface area contributed by atoms with Gasteiger partial charge in [0.2, 0.25) is 0 Å². The average Bonchev–Trinajstić information content (AvgIpc) is 2.79. The van der Waals surface area contributed by atoms with Crippen LogP contribution in [0.5, 0.6) is 0 Å². The van der Waals surface area contributed by atoms with Crippen LogP contribution < -0.4 is 5.01 Å². The lowest BCUT2D eigenvalue weighted by atomic mass is 10.2. The number of amides is 1. The van der Waals surface area contributed by atoms with E-state index < -0.39 is 22.0 Å². The second-order valence-corrected chi connectivity index (χ2v) is 5.31. The highest BCUT2D eigenvalue weighted by atomic mass is 32.2. The Hall–Kier alpha value is -2.26. The number of carbonyl (C=O) groups is 2. The molecule has 20 heavy (non-hydrogen) atoms. The van der Waals surface area contributed by atoms with Crippen LogP contribution >= 0.6 is 0 Å². The molecular formula is C11H10N2O6S. The van der Waals surface area contributed by atoms with Gasteiger partial charge in [-0.15, -0.1) is 0 Å². The van der Waals surface area contributed by atoms with E-state index >= 15 is 0 Å². The molecule has 1 aromatic rings. The number of methoxy groups -OCH3 is 1. The molecule has 0 saturated carbocycles. The molecule has 0 aliphatic carbocycles. The van der Waals surface area contributed by atoms with E-state index in [1.165, 1.54) is 18.2 Å². The fraction of sp³-hybridized carbons (Fsp3) is 0.182. The van der Waals surface area contributed by atoms with Gasteiger partial charge in [0.25, 0.3) is 16.0 Å². The van der Waals surface area contributed by atoms with Crippen molar-refractivity contribution in [2.45, 2.75) is 11.3 Å². The molecule has 1 aliphatic rings. The van der Waals surface area contributed by atoms with Gasteiger partial charge >= 0.3 is 5.97 Å². The van der Waals surface area contributed by atoms with Crippen molar-refractivity contribution in [1.29, 1.82) is 0 Å². The summed E-state index contributed by atoms with van der Waals surface area (Å²) in [4.78, 5) is 22.7. The van der Waals surface area contributed by atoms with Crippen LogP contribution in [-0.4, -0.2) is 37.7 Å². The van der Waals surface area contributed by atoms with Gasteiger partial charge < -0.3 is 4.74 Å². The first-order chi connectivity index (χ1) is 9.32. The highest BCUT2D eigenvalue weighted by molar-refractivity contribution is 7.85. The van der Waals surface area contributed by atoms with Crippen LogP contribution in [0.1, 0.15) is 6.42 Å². The fourth-order valence-corrected chi connectivity index (χ4v) is 2.16. The number of hydrogen-bond acceptors (Lipinski definition) is 6. The van der Waals surface area contributed by atoms with Gasteiger partial charge in [-0.05, 0) is 18.2 Å². The number of carbonyl (C=O) groups excluding carboxylic acids is 2. The normalized spacial score (nSPS) is 15.2. The van der Waals surface area contributed by atoms with Crippen LogP contribution in [0.2, 0.25) is 0 Å². The second kappa shape index (κ2) is 5.02. The van der Waals surface area contributed by atoms with E-state index in [4.69, 9.17) is 4.55 Å². The van der Waals surface area contributed by atoms with Crippen LogP contribution in [0.25, 0.3) is 0 Å². The monoisotopic (exact) mass is 298 g/mol. The molecule has 2 rings (SSSR count). The van der Waals surface area contributed by atoms with Crippen molar-refractivity contribution in [3.05, 3.63) is 24.3 Å². The Morgan fingerprint density at radius 3 is 2.75 bits per heavy atom. The van der Waals surface area contributed by atoms with Gasteiger partial charge in [-0.25, -0.2) is 4.79 Å². The maximum atomic E-state index is 11.8. The molecule has 0 saturated heterocycles. The number of anilines is 1. The molecule has 8 nitrogen and oxygen atoms in total. The summed E-state index contributed by atoms with van der Waals surface area (Å²) >= 11 is 0. The van der Waals surface area contributed by atoms with Gasteiger partial charge in [-0.1, -0.05) is 6.07 Å². The lowest BCUT2D eigenvalue weighted by molar-refractivity contribution is -0.133. The van der Waals surface area contributed by atoms with Gasteiger partial charge in [0, 0.05) is 0 Å². The van der Waals surface area contributed by atoms with Gasteiger partial charge in [0.1, 0.15) is 0 Å². The Morgan fingerprint density at radius 2 is 2.15 bits per heavy atom. The third-order valence-electron chi connectivity index (χ3n) is 2.56. The molecule has 0 aromatic heterocycles. The number of rotatable bonds is 3. The van der Waals surface area contributed by atoms with Crippen LogP contribution in [0.15, 0.2) is 34.3 Å². The minimum absolute atomic E-state index is 0.0743. The number of esters is 1. The highest BCUT2D eigenvalue weighted by Gasteiger charge is 2.30. The molecule has 0 spiro atoms. The van der Waals surface area contributed by atoms with Crippen molar-refractivity contribution in [3.63, 3.8) is 0 Å². The standard InChI is InChI=1S/C11H10N2O6S/c1-19-11(15)9-6-10(14)13(12-9)7-3-2-4-8(5-7)20(16,17)18/h2-5H,6H2,1H3,(H,16,17,18). The smallest absolute Gasteiger partial charge is 0.354 e. The number of ether oxygens (including phenoxy) is 1. The molecule has 0 atom stereocenters. The van der Waals surface area contributed by atoms with Gasteiger partial charge in [-0.2, -0.15) is 18.5 Å². The molecule has 1 N–H and O–H groups in total. The van der Waals surface area contributed by atoms with E-state index in [0.717, 1.165) is 18.2 Å². The summed E-state index contributed by atoms with van der Waals surface area (Å²) < 4.78 is 35.5. The number of nitrogens with zero attached hydrogens (tertiary/aromatic N) is 2. The van der Waals surface area contributed by atoms with E-state index in [0.29, 0.717) is 0 Å². The van der Waals surface area contributed by atoms with Crippen LogP contribution in [-0.2, 0) is 24.4 Å². The summed E-state index contributed by atoms with van der Waals surface area (Å²) in [6.07, 6.45) is -0.233. The molecule has 0 radical (unpaired) electrons. The van der Waals surface area contributed by atoms with E-state index in [9.17, 15) is 18.0 Å². The summed E-state index contributed by atoms with van der Waals surface area (Å²) in [7, 11) is -3.22. The van der Waals surface area contributed by atoms with E-state index in [1.54, 1.807) is 0 Å². The molecule has 9 heteroatoms. The van der Waals surface area contributed by atoms with Crippen molar-refractivity contribution < 1.29 is 27.3 Å². The topological polar surface area (TPSA) is 113 Å². The minimum atomic E-state index is -4.38. The zero-order valence-electron chi connectivity index (χ0n) is 10.3. The van der Waals surface area contributed by atoms with Gasteiger partial charge in [0.05, 0.1) is 24.1 Å². The molecule has 0 bridgehead atoms. The zero-order valence-corrected chi connectivity index (χ0v) is 11.1. The lowest BCUT2D eigenvalue weighted by Crippen LogP contribution is -2.20. The largest absolute Gasteiger partial charge is 0.464 e. The molecule has 1 aromatic carbocycles. The van der Waals surface area contributed by atoms with Crippen LogP contribution in [0, 0.1) is 0 Å². The molecule has 0 unspecified atom stereocenters. The Balaban J connectivity index is 2.40. The predicted molar refractivity (Wildman–Crippen MR) is 67.8 cm³/mol. The van der Waals surface area contributed by atoms with Gasteiger partial charge in [-0.3, -0.25) is 9.35 Å². The van der Waals surface area contributed by atoms with Crippen molar-refractivity contribution in [2.75, 3.05) is 12.1 Å². The Bertz CT molecular complexity index is 709. The Labute approximate surface area is 114 Å². The minimum Gasteiger partial charge on any atom is -0.464 e. The zero-order chi connectivity index (χ0) is 14.9. The molecule has 106 valence electrons. The van der Waals surface area contributed by atoms with E-state index in [1.807, 2.05) is 0 Å². The van der Waals surface area contributed by atoms with E-state index in [-0.39, 0.29) is 22.7 Å². The molecule has 1 amide bonds. The summed E-state index contributed by atoms with van der Waals surface area (Å²) in [6.45, 7) is 0. The Kier molecular flexibility index (Phi) is 3.55. The number of hydrogen-bond donors (Lipinski definition) is 1. The predicted octanol–water partition coefficient (Wildman–Crippen LogP) is 0.199. The third-order valence-corrected chi connectivity index (χ3v) is 3.41. The summed E-state index contributed by atoms with van der Waals surface area (Å²) in [5.41, 5.74) is 0.0544. The SMILES string of the molecule is COC(=O)C1=NN(c2cccc(S(=O)(=O)O)c2)C(=O)C1. The first-order valence-corrected chi connectivity index (χ1v) is 6.83. The number of hydrazone groups is 1. The van der Waals surface area contributed by atoms with Crippen molar-refractivity contribution in [2.24, 2.45) is 5.10 Å². The summed E-state index contributed by atoms with van der Waals surface area (Å²) in [6, 6.07) is 5.02. The van der Waals surface area contributed by atoms with Crippen molar-refractivity contribution in [1.82, 2.24) is 0 Å². The Morgan fingerprint density at radius 1 is 1.45 bits per heavy atom. The highest BCUT2D eigenvalue weighted by Crippen LogP contribution is 2.23. The second-order valence-electron chi connectivity index (χ2n) is 3.89. The quantitative estimate of drug-likeness (QED) is 0.630. The maximum Gasteiger partial charge on any atom is 0.354 e. The summed E-state index contributed by atoms with van der Waals surface area (Å²) in [5, 5.41) is 4.67. The van der Waals surface area contributed by atoms with Crippen LogP contribution in [0.4, 0.5) is 5.69 Å². The maximum absolute atomic E-state index is 11.8. The molecule has 1 heterocycles. The average molecular weight is 298 g/mol. The van der Waals surface area contributed by atoms with Crippen molar-refractivity contribution in [3.8, 4) is 0 Å². The fourth-order valence-electron chi connectivity index (χ4n) is 1.64. The van der Waals surface area contributed by atoms with E-state index in [2.05, 4.69) is 9.84 Å².